The summed E-state index contributed by atoms with van der Waals surface area (Å²) < 4.78 is 0. The van der Waals surface area contributed by atoms with Gasteiger partial charge in [-0.15, -0.1) is 0 Å². The first-order valence-electron chi connectivity index (χ1n) is 8.40. The van der Waals surface area contributed by atoms with Gasteiger partial charge >= 0.3 is 0 Å². The van der Waals surface area contributed by atoms with Crippen LogP contribution in [0.5, 0.6) is 0 Å². The number of anilines is 2. The Kier molecular flexibility index (Phi) is 4.20. The summed E-state index contributed by atoms with van der Waals surface area (Å²) in [5, 5.41) is 4.09. The molecule has 1 aliphatic rings. The summed E-state index contributed by atoms with van der Waals surface area (Å²) in [6, 6.07) is 4.06. The Morgan fingerprint density at radius 3 is 2.74 bits per heavy atom. The number of nitrogens with zero attached hydrogens (tertiary/aromatic N) is 3. The zero-order valence-corrected chi connectivity index (χ0v) is 14.3. The molecule has 0 radical (unpaired) electrons. The highest BCUT2D eigenvalue weighted by Gasteiger charge is 2.31. The van der Waals surface area contributed by atoms with Crippen molar-refractivity contribution in [3.63, 3.8) is 0 Å². The molecule has 1 unspecified atom stereocenters. The van der Waals surface area contributed by atoms with Crippen molar-refractivity contribution in [3.05, 3.63) is 23.9 Å². The quantitative estimate of drug-likeness (QED) is 0.938. The van der Waals surface area contributed by atoms with Gasteiger partial charge in [0.25, 0.3) is 0 Å². The molecule has 0 aromatic carbocycles. The Balaban J connectivity index is 2.31. The van der Waals surface area contributed by atoms with E-state index in [9.17, 15) is 4.79 Å². The molecular weight excluding hydrogens is 288 g/mol. The van der Waals surface area contributed by atoms with E-state index in [1.54, 1.807) is 0 Å². The van der Waals surface area contributed by atoms with Crippen LogP contribution in [0.25, 0.3) is 10.9 Å². The van der Waals surface area contributed by atoms with Gasteiger partial charge in [-0.25, -0.2) is 4.98 Å². The predicted octanol–water partition coefficient (Wildman–Crippen LogP) is 3.56. The summed E-state index contributed by atoms with van der Waals surface area (Å²) in [4.78, 5) is 23.7. The summed E-state index contributed by atoms with van der Waals surface area (Å²) >= 11 is 0. The molecule has 0 fully saturated rings. The summed E-state index contributed by atoms with van der Waals surface area (Å²) in [5.74, 6) is 2.18. The number of carbonyl (C=O) groups is 1. The van der Waals surface area contributed by atoms with Crippen molar-refractivity contribution in [1.29, 1.82) is 0 Å². The molecule has 122 valence electrons. The van der Waals surface area contributed by atoms with Gasteiger partial charge in [0.15, 0.2) is 5.82 Å². The van der Waals surface area contributed by atoms with Crippen molar-refractivity contribution >= 4 is 28.4 Å². The molecule has 0 saturated heterocycles. The number of hydrogen-bond acceptors (Lipinski definition) is 4. The second-order valence-corrected chi connectivity index (χ2v) is 6.37. The average Bonchev–Trinajstić information content (AvgIpc) is 2.54. The van der Waals surface area contributed by atoms with E-state index in [0.717, 1.165) is 35.4 Å². The highest BCUT2D eigenvalue weighted by Crippen LogP contribution is 2.42. The van der Waals surface area contributed by atoms with Crippen LogP contribution in [-0.2, 0) is 4.79 Å². The van der Waals surface area contributed by atoms with Crippen LogP contribution in [0.3, 0.4) is 0 Å². The molecular formula is C18H24N4O. The van der Waals surface area contributed by atoms with E-state index >= 15 is 0 Å². The molecule has 0 bridgehead atoms. The minimum atomic E-state index is 0.0532. The fraction of sp³-hybridized carbons (Fsp3) is 0.500. The smallest absolute Gasteiger partial charge is 0.226 e. The molecule has 0 saturated carbocycles. The molecule has 3 rings (SSSR count). The fourth-order valence-corrected chi connectivity index (χ4v) is 3.42. The average molecular weight is 312 g/mol. The van der Waals surface area contributed by atoms with E-state index in [4.69, 9.17) is 4.98 Å². The largest absolute Gasteiger partial charge is 0.355 e. The van der Waals surface area contributed by atoms with Crippen molar-refractivity contribution in [1.82, 2.24) is 9.97 Å². The van der Waals surface area contributed by atoms with Gasteiger partial charge in [-0.05, 0) is 31.7 Å². The number of aromatic nitrogens is 2. The molecule has 1 atom stereocenters. The second kappa shape index (κ2) is 6.14. The van der Waals surface area contributed by atoms with Gasteiger partial charge in [0, 0.05) is 36.7 Å². The first kappa shape index (κ1) is 15.7. The molecule has 0 spiro atoms. The number of fused-ring (bicyclic) bond motifs is 3. The topological polar surface area (TPSA) is 58.1 Å². The van der Waals surface area contributed by atoms with Crippen molar-refractivity contribution in [2.75, 3.05) is 23.3 Å². The van der Waals surface area contributed by atoms with Crippen molar-refractivity contribution in [2.45, 2.75) is 40.0 Å². The number of pyridine rings is 2. The molecule has 2 aromatic heterocycles. The highest BCUT2D eigenvalue weighted by molar-refractivity contribution is 6.01. The molecule has 1 aliphatic heterocycles. The lowest BCUT2D eigenvalue weighted by Gasteiger charge is -2.31. The Morgan fingerprint density at radius 1 is 1.35 bits per heavy atom. The van der Waals surface area contributed by atoms with Gasteiger partial charge in [-0.1, -0.05) is 19.9 Å². The molecule has 3 heterocycles. The van der Waals surface area contributed by atoms with Crippen LogP contribution >= 0.6 is 0 Å². The number of amides is 1. The van der Waals surface area contributed by atoms with Crippen LogP contribution in [0.1, 0.15) is 45.6 Å². The van der Waals surface area contributed by atoms with E-state index < -0.39 is 0 Å². The molecule has 5 heteroatoms. The molecule has 0 aliphatic carbocycles. The van der Waals surface area contributed by atoms with E-state index in [-0.39, 0.29) is 11.8 Å². The molecule has 5 nitrogen and oxygen atoms in total. The van der Waals surface area contributed by atoms with Gasteiger partial charge in [-0.2, -0.15) is 0 Å². The van der Waals surface area contributed by atoms with E-state index in [1.165, 1.54) is 0 Å². The Bertz CT molecular complexity index is 737. The first-order chi connectivity index (χ1) is 11.1. The standard InChI is InChI=1S/C18H24N4O/c1-5-22(6-2)18-16-12(8-7-9-19-16)15-13(11(3)4)10-14(23)20-17(15)21-18/h7-9,11,13H,5-6,10H2,1-4H3,(H,20,21,23). The summed E-state index contributed by atoms with van der Waals surface area (Å²) in [7, 11) is 0. The lowest BCUT2D eigenvalue weighted by atomic mass is 9.82. The lowest BCUT2D eigenvalue weighted by molar-refractivity contribution is -0.117. The molecule has 2 aromatic rings. The van der Waals surface area contributed by atoms with Gasteiger partial charge in [0.05, 0.1) is 0 Å². The Hall–Kier alpha value is -2.17. The SMILES string of the molecule is CCN(CC)c1nc2c(c3cccnc13)C(C(C)C)CC(=O)N2. The van der Waals surface area contributed by atoms with Crippen molar-refractivity contribution in [2.24, 2.45) is 5.92 Å². The van der Waals surface area contributed by atoms with Crippen LogP contribution in [-0.4, -0.2) is 29.0 Å². The van der Waals surface area contributed by atoms with Crippen molar-refractivity contribution < 1.29 is 4.79 Å². The van der Waals surface area contributed by atoms with Gasteiger partial charge in [0.2, 0.25) is 5.91 Å². The van der Waals surface area contributed by atoms with E-state index in [1.807, 2.05) is 12.3 Å². The predicted molar refractivity (Wildman–Crippen MR) is 93.9 cm³/mol. The maximum Gasteiger partial charge on any atom is 0.226 e. The third kappa shape index (κ3) is 2.64. The number of nitrogens with one attached hydrogen (secondary N) is 1. The zero-order valence-electron chi connectivity index (χ0n) is 14.3. The monoisotopic (exact) mass is 312 g/mol. The van der Waals surface area contributed by atoms with Crippen LogP contribution < -0.4 is 10.2 Å². The number of hydrogen-bond donors (Lipinski definition) is 1. The van der Waals surface area contributed by atoms with E-state index in [0.29, 0.717) is 18.2 Å². The maximum absolute atomic E-state index is 12.1. The van der Waals surface area contributed by atoms with Crippen LogP contribution in [0.2, 0.25) is 0 Å². The number of rotatable bonds is 4. The normalized spacial score (nSPS) is 17.3. The Labute approximate surface area is 137 Å². The highest BCUT2D eigenvalue weighted by atomic mass is 16.1. The summed E-state index contributed by atoms with van der Waals surface area (Å²) in [6.45, 7) is 10.2. The van der Waals surface area contributed by atoms with E-state index in [2.05, 4.69) is 49.0 Å². The fourth-order valence-electron chi connectivity index (χ4n) is 3.42. The summed E-state index contributed by atoms with van der Waals surface area (Å²) in [6.07, 6.45) is 2.33. The number of carbonyl (C=O) groups excluding carboxylic acids is 1. The molecule has 1 N–H and O–H groups in total. The van der Waals surface area contributed by atoms with Crippen LogP contribution in [0.15, 0.2) is 18.3 Å². The maximum atomic E-state index is 12.1. The second-order valence-electron chi connectivity index (χ2n) is 6.37. The molecule has 23 heavy (non-hydrogen) atoms. The Morgan fingerprint density at radius 2 is 2.09 bits per heavy atom. The lowest BCUT2D eigenvalue weighted by Crippen LogP contribution is -2.29. The minimum Gasteiger partial charge on any atom is -0.355 e. The van der Waals surface area contributed by atoms with Gasteiger partial charge in [-0.3, -0.25) is 9.78 Å². The summed E-state index contributed by atoms with van der Waals surface area (Å²) in [5.41, 5.74) is 2.07. The zero-order chi connectivity index (χ0) is 16.6. The first-order valence-corrected chi connectivity index (χ1v) is 8.40. The van der Waals surface area contributed by atoms with Gasteiger partial charge < -0.3 is 10.2 Å². The van der Waals surface area contributed by atoms with Crippen LogP contribution in [0, 0.1) is 5.92 Å². The van der Waals surface area contributed by atoms with Crippen LogP contribution in [0.4, 0.5) is 11.6 Å². The van der Waals surface area contributed by atoms with Gasteiger partial charge in [0.1, 0.15) is 11.3 Å². The molecule has 1 amide bonds. The third-order valence-corrected chi connectivity index (χ3v) is 4.68. The van der Waals surface area contributed by atoms with Crippen molar-refractivity contribution in [3.8, 4) is 0 Å². The third-order valence-electron chi connectivity index (χ3n) is 4.68. The minimum absolute atomic E-state index is 0.0532.